The van der Waals surface area contributed by atoms with Gasteiger partial charge < -0.3 is 44.2 Å². The lowest BCUT2D eigenvalue weighted by atomic mass is 9.90. The number of carbonyl (C=O) groups excluding carboxylic acids is 6. The second-order valence-electron chi connectivity index (χ2n) is 17.8. The summed E-state index contributed by atoms with van der Waals surface area (Å²) < 4.78 is 35.3. The molecule has 0 aromatic heterocycles. The van der Waals surface area contributed by atoms with Gasteiger partial charge in [-0.25, -0.2) is 14.4 Å². The molecule has 0 bridgehead atoms. The topological polar surface area (TPSA) is 202 Å². The van der Waals surface area contributed by atoms with Crippen molar-refractivity contribution in [1.82, 2.24) is 10.6 Å². The van der Waals surface area contributed by atoms with Gasteiger partial charge in [0.1, 0.15) is 30.5 Å². The Hall–Kier alpha value is -4.60. The number of amides is 2. The number of fused-ring (bicyclic) bond motifs is 1. The fourth-order valence-electron chi connectivity index (χ4n) is 7.43. The Morgan fingerprint density at radius 3 is 2.31 bits per heavy atom. The van der Waals surface area contributed by atoms with E-state index in [9.17, 15) is 33.9 Å². The van der Waals surface area contributed by atoms with E-state index in [1.807, 2.05) is 0 Å². The molecule has 2 fully saturated rings. The van der Waals surface area contributed by atoms with Gasteiger partial charge in [0.2, 0.25) is 17.9 Å². The van der Waals surface area contributed by atoms with E-state index < -0.39 is 83.0 Å². The number of hydrogen-bond acceptors (Lipinski definition) is 13. The molecule has 0 saturated carbocycles. The Kier molecular flexibility index (Phi) is 18.1. The lowest BCUT2D eigenvalue weighted by molar-refractivity contribution is -0.190. The Morgan fingerprint density at radius 2 is 1.69 bits per heavy atom. The van der Waals surface area contributed by atoms with Crippen molar-refractivity contribution in [3.8, 4) is 0 Å². The molecule has 15 heteroatoms. The molecule has 2 saturated heterocycles. The molecule has 1 aromatic rings. The van der Waals surface area contributed by atoms with Gasteiger partial charge in [-0.1, -0.05) is 65.5 Å². The number of benzene rings is 1. The van der Waals surface area contributed by atoms with Gasteiger partial charge in [-0.15, -0.1) is 0 Å². The quantitative estimate of drug-likeness (QED) is 0.0548. The van der Waals surface area contributed by atoms with Crippen molar-refractivity contribution >= 4 is 41.8 Å². The first-order valence-corrected chi connectivity index (χ1v) is 21.7. The van der Waals surface area contributed by atoms with Crippen LogP contribution in [0.5, 0.6) is 0 Å². The molecule has 5 atom stereocenters. The molecule has 0 spiro atoms. The van der Waals surface area contributed by atoms with Gasteiger partial charge in [0.25, 0.3) is 0 Å². The van der Waals surface area contributed by atoms with Crippen LogP contribution < -0.4 is 10.6 Å². The number of hydrogen-bond donors (Lipinski definition) is 3. The molecule has 338 valence electrons. The third kappa shape index (κ3) is 15.1. The minimum absolute atomic E-state index is 0.0174. The number of nitrogens with one attached hydrogen (secondary N) is 2. The molecular formula is C46H66N2O13. The number of rotatable bonds is 22. The average Bonchev–Trinajstić information content (AvgIpc) is 3.70. The molecule has 2 heterocycles. The summed E-state index contributed by atoms with van der Waals surface area (Å²) in [5, 5.41) is 15.3. The standard InChI is InChI=1S/C46H66N2O13/c1-8-10-12-22-46(23-13-11-9-2)59-35-27-32(41(53)47-24-21-36(50)48-33(28-49)18-20-38(52)60-44(3,4)5)26-34(39(35)61-46)57-42(54)31-16-14-15-30(25-31)17-19-37(51)58-40-43(55)56-29-45(40,6)7/h14-17,19,25,27,33-35,39-40,49H,8-13,18,20-24,26,28-29H2,1-7H3,(H,47,53)(H,48,50)/t33-,34+,35+,39-,40-/m0/s1. The van der Waals surface area contributed by atoms with Gasteiger partial charge in [0.05, 0.1) is 18.2 Å². The maximum atomic E-state index is 13.8. The van der Waals surface area contributed by atoms with E-state index in [4.69, 9.17) is 28.4 Å². The zero-order valence-electron chi connectivity index (χ0n) is 36.9. The molecule has 2 amide bonds. The van der Waals surface area contributed by atoms with Gasteiger partial charge in [-0.2, -0.15) is 0 Å². The Balaban J connectivity index is 1.44. The van der Waals surface area contributed by atoms with Crippen LogP contribution in [0.3, 0.4) is 0 Å². The van der Waals surface area contributed by atoms with Crippen molar-refractivity contribution in [3.05, 3.63) is 53.1 Å². The first-order valence-electron chi connectivity index (χ1n) is 21.7. The second kappa shape index (κ2) is 22.5. The third-order valence-electron chi connectivity index (χ3n) is 10.7. The molecule has 15 nitrogen and oxygen atoms in total. The van der Waals surface area contributed by atoms with Gasteiger partial charge in [0, 0.05) is 55.7 Å². The van der Waals surface area contributed by atoms with Crippen molar-refractivity contribution in [3.63, 3.8) is 0 Å². The van der Waals surface area contributed by atoms with E-state index in [0.29, 0.717) is 24.0 Å². The van der Waals surface area contributed by atoms with Crippen LogP contribution in [-0.2, 0) is 52.4 Å². The maximum Gasteiger partial charge on any atom is 0.348 e. The van der Waals surface area contributed by atoms with Crippen LogP contribution in [0.2, 0.25) is 0 Å². The number of esters is 4. The monoisotopic (exact) mass is 854 g/mol. The minimum atomic E-state index is -1.03. The number of cyclic esters (lactones) is 1. The SMILES string of the molecule is CCCCCC1(CCCCC)O[C@@H]2[C@@H](C=C(C(=O)NCCC(=O)N[C@H](CO)CCC(=O)OC(C)(C)C)C[C@H]2OC(=O)c2cccc(C=CC(=O)O[C@H]3C(=O)OCC3(C)C)c2)O1. The highest BCUT2D eigenvalue weighted by Gasteiger charge is 2.52. The highest BCUT2D eigenvalue weighted by atomic mass is 16.8. The summed E-state index contributed by atoms with van der Waals surface area (Å²) in [6.45, 7) is 12.8. The van der Waals surface area contributed by atoms with Gasteiger partial charge >= 0.3 is 23.9 Å². The number of ether oxygens (including phenoxy) is 6. The Labute approximate surface area is 359 Å². The summed E-state index contributed by atoms with van der Waals surface area (Å²) in [7, 11) is 0. The summed E-state index contributed by atoms with van der Waals surface area (Å²) in [5.74, 6) is -4.23. The van der Waals surface area contributed by atoms with E-state index >= 15 is 0 Å². The molecule has 3 aliphatic rings. The Morgan fingerprint density at radius 1 is 0.984 bits per heavy atom. The van der Waals surface area contributed by atoms with Crippen molar-refractivity contribution in [2.24, 2.45) is 5.41 Å². The molecule has 1 aromatic carbocycles. The fourth-order valence-corrected chi connectivity index (χ4v) is 7.43. The zero-order chi connectivity index (χ0) is 44.8. The van der Waals surface area contributed by atoms with Crippen LogP contribution in [0.1, 0.15) is 141 Å². The number of aliphatic hydroxyl groups is 1. The molecule has 4 rings (SSSR count). The zero-order valence-corrected chi connectivity index (χ0v) is 36.9. The van der Waals surface area contributed by atoms with Crippen LogP contribution in [0.25, 0.3) is 6.08 Å². The van der Waals surface area contributed by atoms with Crippen LogP contribution in [0, 0.1) is 5.41 Å². The highest BCUT2D eigenvalue weighted by molar-refractivity contribution is 5.95. The number of unbranched alkanes of at least 4 members (excludes halogenated alkanes) is 4. The minimum Gasteiger partial charge on any atom is -0.462 e. The molecule has 0 unspecified atom stereocenters. The van der Waals surface area contributed by atoms with E-state index in [1.165, 1.54) is 12.2 Å². The summed E-state index contributed by atoms with van der Waals surface area (Å²) in [6, 6.07) is 5.81. The van der Waals surface area contributed by atoms with E-state index in [2.05, 4.69) is 24.5 Å². The number of carbonyl (C=O) groups is 6. The van der Waals surface area contributed by atoms with E-state index in [-0.39, 0.29) is 51.0 Å². The number of aliphatic hydroxyl groups excluding tert-OH is 1. The van der Waals surface area contributed by atoms with Crippen LogP contribution in [0.4, 0.5) is 0 Å². The van der Waals surface area contributed by atoms with Gasteiger partial charge in [-0.3, -0.25) is 14.4 Å². The highest BCUT2D eigenvalue weighted by Crippen LogP contribution is 2.43. The maximum absolute atomic E-state index is 13.8. The second-order valence-corrected chi connectivity index (χ2v) is 17.8. The first kappa shape index (κ1) is 49.1. The normalized spacial score (nSPS) is 22.1. The molecular weight excluding hydrogens is 789 g/mol. The van der Waals surface area contributed by atoms with Crippen LogP contribution in [0.15, 0.2) is 42.0 Å². The molecule has 1 aliphatic carbocycles. The van der Waals surface area contributed by atoms with Crippen molar-refractivity contribution in [2.45, 2.75) is 167 Å². The lowest BCUT2D eigenvalue weighted by Gasteiger charge is -2.31. The van der Waals surface area contributed by atoms with Crippen molar-refractivity contribution in [1.29, 1.82) is 0 Å². The molecule has 3 N–H and O–H groups in total. The predicted molar refractivity (Wildman–Crippen MR) is 224 cm³/mol. The van der Waals surface area contributed by atoms with Crippen LogP contribution in [-0.4, -0.2) is 102 Å². The lowest BCUT2D eigenvalue weighted by Crippen LogP contribution is -2.44. The largest absolute Gasteiger partial charge is 0.462 e. The first-order chi connectivity index (χ1) is 28.9. The Bertz CT molecular complexity index is 1750. The van der Waals surface area contributed by atoms with Crippen molar-refractivity contribution in [2.75, 3.05) is 19.8 Å². The molecule has 0 radical (unpaired) electrons. The molecule has 2 aliphatic heterocycles. The predicted octanol–water partition coefficient (Wildman–Crippen LogP) is 5.80. The summed E-state index contributed by atoms with van der Waals surface area (Å²) in [6.07, 6.45) is 8.25. The summed E-state index contributed by atoms with van der Waals surface area (Å²) in [5.41, 5.74) is -0.292. The van der Waals surface area contributed by atoms with Crippen molar-refractivity contribution < 1.29 is 62.3 Å². The summed E-state index contributed by atoms with van der Waals surface area (Å²) >= 11 is 0. The summed E-state index contributed by atoms with van der Waals surface area (Å²) in [4.78, 5) is 77.0. The van der Waals surface area contributed by atoms with Crippen LogP contribution >= 0.6 is 0 Å². The molecule has 61 heavy (non-hydrogen) atoms. The van der Waals surface area contributed by atoms with E-state index in [0.717, 1.165) is 38.5 Å². The fraction of sp³-hybridized carbons (Fsp3) is 0.652. The third-order valence-corrected chi connectivity index (χ3v) is 10.7. The average molecular weight is 855 g/mol. The van der Waals surface area contributed by atoms with Gasteiger partial charge in [0.15, 0.2) is 5.79 Å². The van der Waals surface area contributed by atoms with E-state index in [1.54, 1.807) is 65.0 Å². The van der Waals surface area contributed by atoms with Gasteiger partial charge in [-0.05, 0) is 69.9 Å². The smallest absolute Gasteiger partial charge is 0.348 e.